The topological polar surface area (TPSA) is 3.24 Å². The highest BCUT2D eigenvalue weighted by molar-refractivity contribution is 4.97. The largest absolute Gasteiger partial charge is 0.301 e. The molecular formula is C12H23N. The summed E-state index contributed by atoms with van der Waals surface area (Å²) in [6.07, 6.45) is 1.45. The highest BCUT2D eigenvalue weighted by atomic mass is 15.2. The van der Waals surface area contributed by atoms with E-state index in [9.17, 15) is 0 Å². The molecule has 76 valence electrons. The van der Waals surface area contributed by atoms with Gasteiger partial charge in [0.25, 0.3) is 0 Å². The third kappa shape index (κ3) is 1.41. The number of likely N-dealkylation sites (tertiary alicyclic amines) is 1. The van der Waals surface area contributed by atoms with Crippen LogP contribution in [0.3, 0.4) is 0 Å². The van der Waals surface area contributed by atoms with Crippen molar-refractivity contribution in [3.63, 3.8) is 0 Å². The molecule has 1 aliphatic carbocycles. The molecule has 0 radical (unpaired) electrons. The van der Waals surface area contributed by atoms with Gasteiger partial charge >= 0.3 is 0 Å². The fourth-order valence-electron chi connectivity index (χ4n) is 3.34. The molecule has 0 N–H and O–H groups in total. The summed E-state index contributed by atoms with van der Waals surface area (Å²) < 4.78 is 0. The first-order valence-electron chi connectivity index (χ1n) is 5.85. The summed E-state index contributed by atoms with van der Waals surface area (Å²) in [5, 5.41) is 0. The molecule has 0 bridgehead atoms. The molecule has 0 aromatic rings. The van der Waals surface area contributed by atoms with Crippen LogP contribution in [0.4, 0.5) is 0 Å². The number of hydrogen-bond acceptors (Lipinski definition) is 1. The van der Waals surface area contributed by atoms with Gasteiger partial charge in [-0.1, -0.05) is 13.8 Å². The first kappa shape index (κ1) is 9.51. The van der Waals surface area contributed by atoms with Crippen LogP contribution in [0, 0.1) is 23.7 Å². The summed E-state index contributed by atoms with van der Waals surface area (Å²) in [6, 6.07) is 0.754. The molecule has 0 aromatic heterocycles. The van der Waals surface area contributed by atoms with Crippen LogP contribution in [0.5, 0.6) is 0 Å². The lowest BCUT2D eigenvalue weighted by Gasteiger charge is -2.55. The predicted molar refractivity (Wildman–Crippen MR) is 56.6 cm³/mol. The first-order chi connectivity index (χ1) is 6.11. The Labute approximate surface area is 82.5 Å². The summed E-state index contributed by atoms with van der Waals surface area (Å²) in [5.41, 5.74) is 0. The van der Waals surface area contributed by atoms with Crippen LogP contribution >= 0.6 is 0 Å². The van der Waals surface area contributed by atoms with Crippen LogP contribution < -0.4 is 0 Å². The van der Waals surface area contributed by atoms with E-state index in [0.29, 0.717) is 0 Å². The summed E-state index contributed by atoms with van der Waals surface area (Å²) in [4.78, 5) is 2.66. The Morgan fingerprint density at radius 2 is 1.69 bits per heavy atom. The van der Waals surface area contributed by atoms with E-state index in [2.05, 4.69) is 32.6 Å². The van der Waals surface area contributed by atoms with E-state index in [0.717, 1.165) is 29.7 Å². The Morgan fingerprint density at radius 3 is 2.31 bits per heavy atom. The molecule has 1 saturated heterocycles. The van der Waals surface area contributed by atoms with Gasteiger partial charge in [0.2, 0.25) is 0 Å². The van der Waals surface area contributed by atoms with Crippen LogP contribution in [-0.4, -0.2) is 24.0 Å². The Kier molecular flexibility index (Phi) is 2.39. The van der Waals surface area contributed by atoms with E-state index < -0.39 is 0 Å². The molecule has 1 heterocycles. The predicted octanol–water partition coefficient (Wildman–Crippen LogP) is 2.62. The zero-order valence-electron chi connectivity index (χ0n) is 9.46. The van der Waals surface area contributed by atoms with E-state index in [1.165, 1.54) is 19.5 Å². The maximum absolute atomic E-state index is 2.66. The van der Waals surface area contributed by atoms with Crippen molar-refractivity contribution in [3.05, 3.63) is 0 Å². The number of fused-ring (bicyclic) bond motifs is 1. The molecule has 2 aliphatic rings. The number of nitrogens with zero attached hydrogens (tertiary/aromatic N) is 1. The molecule has 0 spiro atoms. The molecule has 0 amide bonds. The van der Waals surface area contributed by atoms with Crippen LogP contribution in [0.25, 0.3) is 0 Å². The third-order valence-corrected chi connectivity index (χ3v) is 4.66. The van der Waals surface area contributed by atoms with Crippen molar-refractivity contribution in [2.45, 2.75) is 40.2 Å². The maximum Gasteiger partial charge on any atom is 0.00387 e. The van der Waals surface area contributed by atoms with Crippen molar-refractivity contribution >= 4 is 0 Å². The van der Waals surface area contributed by atoms with Crippen molar-refractivity contribution in [1.29, 1.82) is 0 Å². The summed E-state index contributed by atoms with van der Waals surface area (Å²) in [5.74, 6) is 4.06. The SMILES string of the molecule is CC1C(C)[C@H]2CCN(C(C)C)CC12. The Bertz CT molecular complexity index is 188. The van der Waals surface area contributed by atoms with Crippen molar-refractivity contribution in [1.82, 2.24) is 4.90 Å². The normalized spacial score (nSPS) is 45.9. The molecule has 0 aromatic carbocycles. The van der Waals surface area contributed by atoms with Crippen LogP contribution in [-0.2, 0) is 0 Å². The summed E-state index contributed by atoms with van der Waals surface area (Å²) in [7, 11) is 0. The maximum atomic E-state index is 2.66. The van der Waals surface area contributed by atoms with E-state index in [-0.39, 0.29) is 0 Å². The number of piperidine rings is 1. The monoisotopic (exact) mass is 181 g/mol. The van der Waals surface area contributed by atoms with Gasteiger partial charge in [-0.25, -0.2) is 0 Å². The van der Waals surface area contributed by atoms with Crippen molar-refractivity contribution < 1.29 is 0 Å². The molecule has 3 unspecified atom stereocenters. The zero-order chi connectivity index (χ0) is 9.59. The Hall–Kier alpha value is -0.0400. The smallest absolute Gasteiger partial charge is 0.00387 e. The van der Waals surface area contributed by atoms with Crippen LogP contribution in [0.1, 0.15) is 34.1 Å². The lowest BCUT2D eigenvalue weighted by molar-refractivity contribution is -0.0686. The average molecular weight is 181 g/mol. The zero-order valence-corrected chi connectivity index (χ0v) is 9.46. The molecule has 2 rings (SSSR count). The van der Waals surface area contributed by atoms with Crippen LogP contribution in [0.2, 0.25) is 0 Å². The lowest BCUT2D eigenvalue weighted by atomic mass is 9.55. The minimum Gasteiger partial charge on any atom is -0.301 e. The third-order valence-electron chi connectivity index (χ3n) is 4.66. The number of hydrogen-bond donors (Lipinski definition) is 0. The van der Waals surface area contributed by atoms with E-state index >= 15 is 0 Å². The molecule has 13 heavy (non-hydrogen) atoms. The van der Waals surface area contributed by atoms with Crippen molar-refractivity contribution in [3.8, 4) is 0 Å². The number of rotatable bonds is 1. The fraction of sp³-hybridized carbons (Fsp3) is 1.00. The molecule has 1 aliphatic heterocycles. The molecule has 1 heteroatoms. The van der Waals surface area contributed by atoms with Gasteiger partial charge in [0.15, 0.2) is 0 Å². The van der Waals surface area contributed by atoms with Gasteiger partial charge in [0.1, 0.15) is 0 Å². The minimum atomic E-state index is 0.754. The van der Waals surface area contributed by atoms with Gasteiger partial charge in [-0.15, -0.1) is 0 Å². The van der Waals surface area contributed by atoms with Crippen molar-refractivity contribution in [2.24, 2.45) is 23.7 Å². The van der Waals surface area contributed by atoms with Gasteiger partial charge < -0.3 is 4.90 Å². The quantitative estimate of drug-likeness (QED) is 0.601. The van der Waals surface area contributed by atoms with E-state index in [1.807, 2.05) is 0 Å². The molecule has 1 saturated carbocycles. The molecule has 1 nitrogen and oxygen atoms in total. The van der Waals surface area contributed by atoms with E-state index in [4.69, 9.17) is 0 Å². The fourth-order valence-corrected chi connectivity index (χ4v) is 3.34. The second kappa shape index (κ2) is 3.27. The van der Waals surface area contributed by atoms with Gasteiger partial charge in [-0.05, 0) is 50.5 Å². The Morgan fingerprint density at radius 1 is 1.08 bits per heavy atom. The highest BCUT2D eigenvalue weighted by Gasteiger charge is 2.47. The first-order valence-corrected chi connectivity index (χ1v) is 5.85. The summed E-state index contributed by atoms with van der Waals surface area (Å²) in [6.45, 7) is 12.2. The highest BCUT2D eigenvalue weighted by Crippen LogP contribution is 2.49. The minimum absolute atomic E-state index is 0.754. The van der Waals surface area contributed by atoms with Crippen molar-refractivity contribution in [2.75, 3.05) is 13.1 Å². The van der Waals surface area contributed by atoms with E-state index in [1.54, 1.807) is 0 Å². The van der Waals surface area contributed by atoms with Gasteiger partial charge in [0, 0.05) is 12.6 Å². The molecule has 2 fully saturated rings. The second-order valence-electron chi connectivity index (χ2n) is 5.42. The van der Waals surface area contributed by atoms with Crippen LogP contribution in [0.15, 0.2) is 0 Å². The van der Waals surface area contributed by atoms with Gasteiger partial charge in [-0.2, -0.15) is 0 Å². The summed E-state index contributed by atoms with van der Waals surface area (Å²) >= 11 is 0. The lowest BCUT2D eigenvalue weighted by Crippen LogP contribution is -2.55. The molecular weight excluding hydrogens is 158 g/mol. The standard InChI is InChI=1S/C12H23N/c1-8(2)13-6-5-11-9(3)10(4)12(11)7-13/h8-12H,5-7H2,1-4H3/t9?,10?,11-,12?/m1/s1. The average Bonchev–Trinajstić information content (AvgIpc) is 2.15. The van der Waals surface area contributed by atoms with Gasteiger partial charge in [-0.3, -0.25) is 0 Å². The molecule has 4 atom stereocenters. The van der Waals surface area contributed by atoms with Gasteiger partial charge in [0.05, 0.1) is 0 Å². The second-order valence-corrected chi connectivity index (χ2v) is 5.42. The Balaban J connectivity index is 1.95.